The lowest BCUT2D eigenvalue weighted by Gasteiger charge is -2.34. The summed E-state index contributed by atoms with van der Waals surface area (Å²) >= 11 is 0. The van der Waals surface area contributed by atoms with E-state index in [1.54, 1.807) is 12.5 Å². The molecule has 2 atom stereocenters. The highest BCUT2D eigenvalue weighted by Crippen LogP contribution is 2.24. The van der Waals surface area contributed by atoms with Crippen LogP contribution in [0.3, 0.4) is 0 Å². The van der Waals surface area contributed by atoms with Gasteiger partial charge >= 0.3 is 0 Å². The lowest BCUT2D eigenvalue weighted by atomic mass is 9.92. The minimum Gasteiger partial charge on any atom is -0.393 e. The summed E-state index contributed by atoms with van der Waals surface area (Å²) in [7, 11) is 0. The van der Waals surface area contributed by atoms with E-state index in [-0.39, 0.29) is 18.1 Å². The van der Waals surface area contributed by atoms with Gasteiger partial charge in [-0.25, -0.2) is 4.98 Å². The van der Waals surface area contributed by atoms with E-state index in [0.29, 0.717) is 12.3 Å². The third-order valence-corrected chi connectivity index (χ3v) is 4.55. The highest BCUT2D eigenvalue weighted by atomic mass is 16.3. The van der Waals surface area contributed by atoms with Crippen molar-refractivity contribution in [3.63, 3.8) is 0 Å². The van der Waals surface area contributed by atoms with Gasteiger partial charge in [0.05, 0.1) is 12.4 Å². The van der Waals surface area contributed by atoms with Crippen LogP contribution < -0.4 is 0 Å². The van der Waals surface area contributed by atoms with Crippen molar-refractivity contribution in [3.05, 3.63) is 18.7 Å². The zero-order valence-electron chi connectivity index (χ0n) is 13.1. The molecule has 1 aliphatic heterocycles. The highest BCUT2D eigenvalue weighted by molar-refractivity contribution is 5.76. The molecule has 2 rings (SSSR count). The average molecular weight is 293 g/mol. The molecule has 1 aromatic rings. The number of rotatable bonds is 6. The van der Waals surface area contributed by atoms with Crippen molar-refractivity contribution in [2.45, 2.75) is 58.1 Å². The summed E-state index contributed by atoms with van der Waals surface area (Å²) in [5.74, 6) is 0.570. The van der Waals surface area contributed by atoms with Crippen LogP contribution in [0.5, 0.6) is 0 Å². The van der Waals surface area contributed by atoms with E-state index < -0.39 is 0 Å². The molecule has 0 spiro atoms. The fourth-order valence-corrected chi connectivity index (χ4v) is 3.14. The van der Waals surface area contributed by atoms with Gasteiger partial charge in [0.25, 0.3) is 0 Å². The van der Waals surface area contributed by atoms with Gasteiger partial charge in [-0.15, -0.1) is 0 Å². The molecule has 1 fully saturated rings. The van der Waals surface area contributed by atoms with Crippen LogP contribution in [0.25, 0.3) is 0 Å². The predicted octanol–water partition coefficient (Wildman–Crippen LogP) is 2.23. The lowest BCUT2D eigenvalue weighted by Crippen LogP contribution is -2.41. The number of carbonyl (C=O) groups excluding carboxylic acids is 1. The van der Waals surface area contributed by atoms with Gasteiger partial charge < -0.3 is 14.6 Å². The van der Waals surface area contributed by atoms with Crippen molar-refractivity contribution in [3.8, 4) is 0 Å². The topological polar surface area (TPSA) is 58.4 Å². The van der Waals surface area contributed by atoms with Crippen LogP contribution in [0.1, 0.15) is 52.0 Å². The average Bonchev–Trinajstić information content (AvgIpc) is 3.01. The van der Waals surface area contributed by atoms with E-state index in [1.165, 1.54) is 0 Å². The Bertz CT molecular complexity index is 423. The molecule has 2 heterocycles. The molecule has 1 saturated heterocycles. The number of hydrogen-bond donors (Lipinski definition) is 1. The smallest absolute Gasteiger partial charge is 0.224 e. The minimum absolute atomic E-state index is 0.208. The molecule has 1 aliphatic rings. The standard InChI is InChI=1S/C16H27N3O2/c1-3-4-15(19-10-7-17-12-19)11-16(21)18-8-5-14(6-9-18)13(2)20/h7,10,12-15,20H,3-6,8-9,11H2,1-2H3. The number of amides is 1. The molecule has 21 heavy (non-hydrogen) atoms. The zero-order valence-corrected chi connectivity index (χ0v) is 13.1. The molecule has 0 aromatic carbocycles. The summed E-state index contributed by atoms with van der Waals surface area (Å²) in [5.41, 5.74) is 0. The van der Waals surface area contributed by atoms with Crippen molar-refractivity contribution in [2.24, 2.45) is 5.92 Å². The fourth-order valence-electron chi connectivity index (χ4n) is 3.14. The molecular weight excluding hydrogens is 266 g/mol. The third-order valence-electron chi connectivity index (χ3n) is 4.55. The number of aromatic nitrogens is 2. The maximum Gasteiger partial charge on any atom is 0.224 e. The predicted molar refractivity (Wildman–Crippen MR) is 81.8 cm³/mol. The van der Waals surface area contributed by atoms with Gasteiger partial charge in [0, 0.05) is 37.9 Å². The van der Waals surface area contributed by atoms with Crippen LogP contribution in [-0.2, 0) is 4.79 Å². The van der Waals surface area contributed by atoms with Crippen LogP contribution in [0.4, 0.5) is 0 Å². The second kappa shape index (κ2) is 7.59. The highest BCUT2D eigenvalue weighted by Gasteiger charge is 2.26. The van der Waals surface area contributed by atoms with Crippen molar-refractivity contribution in [1.29, 1.82) is 0 Å². The van der Waals surface area contributed by atoms with E-state index in [1.807, 2.05) is 22.6 Å². The summed E-state index contributed by atoms with van der Waals surface area (Å²) in [4.78, 5) is 18.5. The Labute approximate surface area is 127 Å². The Balaban J connectivity index is 1.88. The first-order valence-electron chi connectivity index (χ1n) is 8.05. The fraction of sp³-hybridized carbons (Fsp3) is 0.750. The van der Waals surface area contributed by atoms with Crippen molar-refractivity contribution >= 4 is 5.91 Å². The number of imidazole rings is 1. The summed E-state index contributed by atoms with van der Waals surface area (Å²) in [6.45, 7) is 5.54. The molecule has 1 aromatic heterocycles. The summed E-state index contributed by atoms with van der Waals surface area (Å²) in [6.07, 6.45) is 9.65. The Morgan fingerprint density at radius 1 is 1.43 bits per heavy atom. The van der Waals surface area contributed by atoms with E-state index in [9.17, 15) is 9.90 Å². The SMILES string of the molecule is CCCC(CC(=O)N1CCC(C(C)O)CC1)n1ccnc1. The Hall–Kier alpha value is -1.36. The first-order valence-corrected chi connectivity index (χ1v) is 8.05. The third kappa shape index (κ3) is 4.30. The first kappa shape index (κ1) is 16.0. The Morgan fingerprint density at radius 2 is 2.14 bits per heavy atom. The molecule has 0 aliphatic carbocycles. The van der Waals surface area contributed by atoms with Gasteiger partial charge in [0.2, 0.25) is 5.91 Å². The molecule has 2 unspecified atom stereocenters. The van der Waals surface area contributed by atoms with Gasteiger partial charge in [-0.05, 0) is 32.1 Å². The minimum atomic E-state index is -0.263. The molecule has 1 N–H and O–H groups in total. The molecule has 0 saturated carbocycles. The Morgan fingerprint density at radius 3 is 2.67 bits per heavy atom. The molecule has 0 radical (unpaired) electrons. The normalized spacial score (nSPS) is 19.5. The number of piperidine rings is 1. The van der Waals surface area contributed by atoms with Crippen molar-refractivity contribution < 1.29 is 9.90 Å². The maximum atomic E-state index is 12.5. The quantitative estimate of drug-likeness (QED) is 0.875. The molecule has 5 heteroatoms. The summed E-state index contributed by atoms with van der Waals surface area (Å²) < 4.78 is 2.05. The van der Waals surface area contributed by atoms with E-state index in [0.717, 1.165) is 38.8 Å². The molecule has 5 nitrogen and oxygen atoms in total. The number of aliphatic hydroxyl groups excluding tert-OH is 1. The second-order valence-corrected chi connectivity index (χ2v) is 6.12. The number of aliphatic hydroxyl groups is 1. The molecular formula is C16H27N3O2. The maximum absolute atomic E-state index is 12.5. The largest absolute Gasteiger partial charge is 0.393 e. The van der Waals surface area contributed by atoms with Crippen LogP contribution in [0, 0.1) is 5.92 Å². The number of hydrogen-bond acceptors (Lipinski definition) is 3. The molecule has 118 valence electrons. The number of likely N-dealkylation sites (tertiary alicyclic amines) is 1. The van der Waals surface area contributed by atoms with Gasteiger partial charge in [0.1, 0.15) is 0 Å². The van der Waals surface area contributed by atoms with E-state index >= 15 is 0 Å². The lowest BCUT2D eigenvalue weighted by molar-refractivity contribution is -0.134. The van der Waals surface area contributed by atoms with Gasteiger partial charge in [-0.1, -0.05) is 13.3 Å². The summed E-state index contributed by atoms with van der Waals surface area (Å²) in [5, 5.41) is 9.63. The van der Waals surface area contributed by atoms with Gasteiger partial charge in [0.15, 0.2) is 0 Å². The number of carbonyl (C=O) groups is 1. The van der Waals surface area contributed by atoms with Crippen molar-refractivity contribution in [2.75, 3.05) is 13.1 Å². The van der Waals surface area contributed by atoms with Crippen molar-refractivity contribution in [1.82, 2.24) is 14.5 Å². The second-order valence-electron chi connectivity index (χ2n) is 6.12. The van der Waals surface area contributed by atoms with Crippen LogP contribution >= 0.6 is 0 Å². The zero-order chi connectivity index (χ0) is 15.2. The Kier molecular flexibility index (Phi) is 5.79. The number of nitrogens with zero attached hydrogens (tertiary/aromatic N) is 3. The van der Waals surface area contributed by atoms with E-state index in [2.05, 4.69) is 11.9 Å². The van der Waals surface area contributed by atoms with E-state index in [4.69, 9.17) is 0 Å². The summed E-state index contributed by atoms with van der Waals surface area (Å²) in [6, 6.07) is 0.208. The van der Waals surface area contributed by atoms with Gasteiger partial charge in [-0.3, -0.25) is 4.79 Å². The van der Waals surface area contributed by atoms with Crippen LogP contribution in [0.2, 0.25) is 0 Å². The van der Waals surface area contributed by atoms with Gasteiger partial charge in [-0.2, -0.15) is 0 Å². The first-order chi connectivity index (χ1) is 10.1. The van der Waals surface area contributed by atoms with Crippen LogP contribution in [0.15, 0.2) is 18.7 Å². The molecule has 0 bridgehead atoms. The molecule has 1 amide bonds. The monoisotopic (exact) mass is 293 g/mol. The van der Waals surface area contributed by atoms with Crippen LogP contribution in [-0.4, -0.2) is 44.7 Å².